The second kappa shape index (κ2) is 6.67. The average molecular weight is 371 g/mol. The Labute approximate surface area is 142 Å². The van der Waals surface area contributed by atoms with Gasteiger partial charge in [-0.2, -0.15) is 0 Å². The standard InChI is InChI=1S/C14H9F4N5OS/c1-5(25-14-11-12(20-3-19-11)21-4-22-14)13(24)23-10-8(17)6(15)2-7(16)9(10)18/h2-5H,1H3,(H,23,24)(H,19,20,21,22)/t5-/m0/s1. The van der Waals surface area contributed by atoms with Gasteiger partial charge in [-0.1, -0.05) is 11.8 Å². The number of aromatic amines is 1. The highest BCUT2D eigenvalue weighted by Crippen LogP contribution is 2.28. The van der Waals surface area contributed by atoms with Crippen LogP contribution in [0.15, 0.2) is 23.7 Å². The summed E-state index contributed by atoms with van der Waals surface area (Å²) in [5, 5.41) is 1.37. The number of nitrogens with zero attached hydrogens (tertiary/aromatic N) is 3. The lowest BCUT2D eigenvalue weighted by molar-refractivity contribution is -0.115. The van der Waals surface area contributed by atoms with E-state index in [9.17, 15) is 22.4 Å². The van der Waals surface area contributed by atoms with Crippen LogP contribution in [0.4, 0.5) is 23.2 Å². The van der Waals surface area contributed by atoms with Crippen LogP contribution in [0.3, 0.4) is 0 Å². The van der Waals surface area contributed by atoms with Crippen molar-refractivity contribution in [3.05, 3.63) is 42.0 Å². The highest BCUT2D eigenvalue weighted by Gasteiger charge is 2.24. The maximum Gasteiger partial charge on any atom is 0.237 e. The number of amides is 1. The lowest BCUT2D eigenvalue weighted by Gasteiger charge is -2.13. The monoisotopic (exact) mass is 371 g/mol. The molecule has 0 saturated carbocycles. The number of H-pyrrole nitrogens is 1. The second-order valence-electron chi connectivity index (χ2n) is 4.87. The van der Waals surface area contributed by atoms with Crippen molar-refractivity contribution < 1.29 is 22.4 Å². The fourth-order valence-corrected chi connectivity index (χ4v) is 2.84. The molecule has 1 atom stereocenters. The van der Waals surface area contributed by atoms with Gasteiger partial charge in [0.25, 0.3) is 0 Å². The molecule has 6 nitrogen and oxygen atoms in total. The molecule has 25 heavy (non-hydrogen) atoms. The summed E-state index contributed by atoms with van der Waals surface area (Å²) in [6.45, 7) is 1.44. The van der Waals surface area contributed by atoms with Gasteiger partial charge in [-0.3, -0.25) is 4.79 Å². The van der Waals surface area contributed by atoms with Gasteiger partial charge in [-0.15, -0.1) is 0 Å². The van der Waals surface area contributed by atoms with Crippen LogP contribution in [0.1, 0.15) is 6.92 Å². The molecule has 0 unspecified atom stereocenters. The largest absolute Gasteiger partial charge is 0.341 e. The molecule has 2 N–H and O–H groups in total. The molecule has 130 valence electrons. The molecule has 2 heterocycles. The number of hydrogen-bond acceptors (Lipinski definition) is 5. The van der Waals surface area contributed by atoms with Gasteiger partial charge in [0.05, 0.1) is 11.6 Å². The maximum absolute atomic E-state index is 13.6. The number of thioether (sulfide) groups is 1. The van der Waals surface area contributed by atoms with Crippen LogP contribution in [0.5, 0.6) is 0 Å². The van der Waals surface area contributed by atoms with Crippen LogP contribution < -0.4 is 5.32 Å². The number of rotatable bonds is 4. The third-order valence-corrected chi connectivity index (χ3v) is 4.31. The molecule has 3 rings (SSSR count). The predicted molar refractivity (Wildman–Crippen MR) is 81.9 cm³/mol. The van der Waals surface area contributed by atoms with Crippen LogP contribution in [-0.4, -0.2) is 31.1 Å². The molecule has 0 spiro atoms. The molecule has 0 aliphatic carbocycles. The van der Waals surface area contributed by atoms with Crippen molar-refractivity contribution >= 4 is 34.5 Å². The van der Waals surface area contributed by atoms with Crippen LogP contribution in [0.25, 0.3) is 11.2 Å². The molecular formula is C14H9F4N5OS. The quantitative estimate of drug-likeness (QED) is 0.319. The van der Waals surface area contributed by atoms with Gasteiger partial charge < -0.3 is 10.3 Å². The second-order valence-corrected chi connectivity index (χ2v) is 6.20. The van der Waals surface area contributed by atoms with Gasteiger partial charge in [0, 0.05) is 6.07 Å². The lowest BCUT2D eigenvalue weighted by atomic mass is 10.2. The van der Waals surface area contributed by atoms with Crippen molar-refractivity contribution in [3.63, 3.8) is 0 Å². The summed E-state index contributed by atoms with van der Waals surface area (Å²) in [7, 11) is 0. The molecule has 1 aromatic carbocycles. The number of halogens is 4. The van der Waals surface area contributed by atoms with Crippen molar-refractivity contribution in [3.8, 4) is 0 Å². The number of anilines is 1. The SMILES string of the molecule is C[C@H](Sc1ncnc2nc[nH]c12)C(=O)Nc1c(F)c(F)cc(F)c1F. The summed E-state index contributed by atoms with van der Waals surface area (Å²) in [6.07, 6.45) is 2.64. The summed E-state index contributed by atoms with van der Waals surface area (Å²) < 4.78 is 53.6. The Morgan fingerprint density at radius 2 is 1.84 bits per heavy atom. The Balaban J connectivity index is 1.81. The minimum Gasteiger partial charge on any atom is -0.341 e. The molecule has 2 aromatic heterocycles. The third-order valence-electron chi connectivity index (χ3n) is 3.21. The van der Waals surface area contributed by atoms with Crippen molar-refractivity contribution in [2.24, 2.45) is 0 Å². The van der Waals surface area contributed by atoms with E-state index in [2.05, 4.69) is 19.9 Å². The van der Waals surface area contributed by atoms with E-state index in [1.165, 1.54) is 19.6 Å². The van der Waals surface area contributed by atoms with Crippen molar-refractivity contribution in [1.82, 2.24) is 19.9 Å². The Bertz CT molecular complexity index is 938. The topological polar surface area (TPSA) is 83.6 Å². The molecule has 11 heteroatoms. The summed E-state index contributed by atoms with van der Waals surface area (Å²) >= 11 is 0.958. The first-order valence-electron chi connectivity index (χ1n) is 6.83. The zero-order valence-corrected chi connectivity index (χ0v) is 13.3. The summed E-state index contributed by atoms with van der Waals surface area (Å²) in [5.41, 5.74) is -0.306. The van der Waals surface area contributed by atoms with Crippen molar-refractivity contribution in [1.29, 1.82) is 0 Å². The third kappa shape index (κ3) is 3.27. The first-order chi connectivity index (χ1) is 11.9. The van der Waals surface area contributed by atoms with E-state index in [1.807, 2.05) is 5.32 Å². The maximum atomic E-state index is 13.6. The van der Waals surface area contributed by atoms with Crippen molar-refractivity contribution in [2.75, 3.05) is 5.32 Å². The van der Waals surface area contributed by atoms with Crippen LogP contribution >= 0.6 is 11.8 Å². The number of aromatic nitrogens is 4. The molecule has 1 amide bonds. The highest BCUT2D eigenvalue weighted by molar-refractivity contribution is 8.00. The fourth-order valence-electron chi connectivity index (χ4n) is 1.96. The zero-order chi connectivity index (χ0) is 18.1. The molecule has 0 fully saturated rings. The van der Waals surface area contributed by atoms with Crippen LogP contribution in [-0.2, 0) is 4.79 Å². The Kier molecular flexibility index (Phi) is 4.57. The van der Waals surface area contributed by atoms with Gasteiger partial charge in [-0.25, -0.2) is 32.5 Å². The Hall–Kier alpha value is -2.69. The van der Waals surface area contributed by atoms with E-state index >= 15 is 0 Å². The van der Waals surface area contributed by atoms with E-state index in [1.54, 1.807) is 0 Å². The zero-order valence-electron chi connectivity index (χ0n) is 12.5. The number of nitrogens with one attached hydrogen (secondary N) is 2. The van der Waals surface area contributed by atoms with Gasteiger partial charge in [0.1, 0.15) is 22.6 Å². The first kappa shape index (κ1) is 17.1. The molecule has 0 saturated heterocycles. The number of benzene rings is 1. The van der Waals surface area contributed by atoms with Crippen molar-refractivity contribution in [2.45, 2.75) is 17.2 Å². The fraction of sp³-hybridized carbons (Fsp3) is 0.143. The molecular weight excluding hydrogens is 362 g/mol. The molecule has 0 radical (unpaired) electrons. The van der Waals surface area contributed by atoms with E-state index in [4.69, 9.17) is 0 Å². The van der Waals surface area contributed by atoms with E-state index < -0.39 is 40.1 Å². The number of fused-ring (bicyclic) bond motifs is 1. The van der Waals surface area contributed by atoms with Gasteiger partial charge in [0.2, 0.25) is 5.91 Å². The molecule has 0 bridgehead atoms. The van der Waals surface area contributed by atoms with Crippen LogP contribution in [0.2, 0.25) is 0 Å². The molecule has 0 aliphatic rings. The van der Waals surface area contributed by atoms with E-state index in [0.717, 1.165) is 11.8 Å². The van der Waals surface area contributed by atoms with E-state index in [0.29, 0.717) is 16.2 Å². The normalized spacial score (nSPS) is 12.4. The van der Waals surface area contributed by atoms with Gasteiger partial charge >= 0.3 is 0 Å². The molecule has 3 aromatic rings. The summed E-state index contributed by atoms with van der Waals surface area (Å²) in [4.78, 5) is 26.8. The van der Waals surface area contributed by atoms with Crippen LogP contribution in [0, 0.1) is 23.3 Å². The average Bonchev–Trinajstić information content (AvgIpc) is 3.06. The number of carbonyl (C=O) groups is 1. The summed E-state index contributed by atoms with van der Waals surface area (Å²) in [5.74, 6) is -7.43. The summed E-state index contributed by atoms with van der Waals surface area (Å²) in [6, 6.07) is 0.0639. The minimum absolute atomic E-state index is 0.0639. The smallest absolute Gasteiger partial charge is 0.237 e. The molecule has 0 aliphatic heterocycles. The highest BCUT2D eigenvalue weighted by atomic mass is 32.2. The predicted octanol–water partition coefficient (Wildman–Crippen LogP) is 3.03. The number of carbonyl (C=O) groups excluding carboxylic acids is 1. The first-order valence-corrected chi connectivity index (χ1v) is 7.71. The number of hydrogen-bond donors (Lipinski definition) is 2. The number of imidazole rings is 1. The lowest BCUT2D eigenvalue weighted by Crippen LogP contribution is -2.24. The Morgan fingerprint density at radius 3 is 2.52 bits per heavy atom. The van der Waals surface area contributed by atoms with E-state index in [-0.39, 0.29) is 6.07 Å². The van der Waals surface area contributed by atoms with Gasteiger partial charge in [0.15, 0.2) is 28.9 Å². The Morgan fingerprint density at radius 1 is 1.16 bits per heavy atom. The minimum atomic E-state index is -1.68. The van der Waals surface area contributed by atoms with Gasteiger partial charge in [-0.05, 0) is 6.92 Å².